The Morgan fingerprint density at radius 1 is 1.06 bits per heavy atom. The number of benzene rings is 2. The van der Waals surface area contributed by atoms with E-state index >= 15 is 0 Å². The molecule has 0 fully saturated rings. The van der Waals surface area contributed by atoms with Gasteiger partial charge < -0.3 is 15.5 Å². The zero-order chi connectivity index (χ0) is 24.0. The third-order valence-corrected chi connectivity index (χ3v) is 5.56. The van der Waals surface area contributed by atoms with Gasteiger partial charge in [-0.25, -0.2) is 4.79 Å². The molecular weight excluding hydrogens is 446 g/mol. The maximum absolute atomic E-state index is 12.5. The summed E-state index contributed by atoms with van der Waals surface area (Å²) in [6, 6.07) is 16.2. The maximum atomic E-state index is 12.5. The number of carbonyl (C=O) groups is 3. The van der Waals surface area contributed by atoms with Gasteiger partial charge in [0, 0.05) is 17.1 Å². The molecule has 0 aliphatic carbocycles. The fraction of sp³-hybridized carbons (Fsp3) is 0.250. The van der Waals surface area contributed by atoms with Crippen molar-refractivity contribution in [1.82, 2.24) is 15.5 Å². The Hall–Kier alpha value is -3.65. The number of carbonyl (C=O) groups excluding carboxylic acids is 1. The number of amides is 1. The van der Waals surface area contributed by atoms with Gasteiger partial charge in [0.25, 0.3) is 5.91 Å². The molecule has 3 rings (SSSR count). The van der Waals surface area contributed by atoms with Crippen LogP contribution in [0.1, 0.15) is 46.3 Å². The molecule has 1 aromatic heterocycles. The van der Waals surface area contributed by atoms with Gasteiger partial charge in [0.2, 0.25) is 0 Å². The van der Waals surface area contributed by atoms with Crippen LogP contribution in [-0.2, 0) is 11.2 Å². The number of H-pyrrole nitrogens is 1. The van der Waals surface area contributed by atoms with E-state index in [-0.39, 0.29) is 17.8 Å². The number of hydrogen-bond donors (Lipinski definition) is 4. The number of hydrogen-bond acceptors (Lipinski definition) is 4. The van der Waals surface area contributed by atoms with Crippen LogP contribution in [0.15, 0.2) is 54.6 Å². The molecule has 4 N–H and O–H groups in total. The number of aryl methyl sites for hydroxylation is 1. The topological polar surface area (TPSA) is 132 Å². The van der Waals surface area contributed by atoms with Crippen LogP contribution in [0.2, 0.25) is 5.02 Å². The fourth-order valence-corrected chi connectivity index (χ4v) is 3.65. The lowest BCUT2D eigenvalue weighted by Crippen LogP contribution is -2.37. The van der Waals surface area contributed by atoms with Gasteiger partial charge in [0.15, 0.2) is 5.69 Å². The normalized spacial score (nSPS) is 12.7. The smallest absolute Gasteiger partial charge is 0.353 e. The number of halogens is 1. The van der Waals surface area contributed by atoms with E-state index in [1.807, 2.05) is 48.5 Å². The standard InChI is InChI=1S/C24H24ClN3O5/c1-14(23(30)31)11-19(26-22(29)20-13-21(24(32)33)28-27-20)10-7-15-5-8-16(9-6-15)17-3-2-4-18(25)12-17/h2-6,8-9,12-14,19H,7,10-11H2,1H3,(H,26,29)(H,27,28)(H,30,31)(H,32,33)/t14-,19-/m1/s1. The van der Waals surface area contributed by atoms with E-state index in [1.54, 1.807) is 6.92 Å². The molecule has 2 atom stereocenters. The van der Waals surface area contributed by atoms with Crippen molar-refractivity contribution >= 4 is 29.4 Å². The SMILES string of the molecule is C[C@H](C[C@@H](CCc1ccc(-c2cccc(Cl)c2)cc1)NC(=O)c1cc(C(=O)O)[nH]n1)C(=O)O. The van der Waals surface area contributed by atoms with Crippen LogP contribution in [0.4, 0.5) is 0 Å². The molecule has 1 amide bonds. The minimum atomic E-state index is -1.22. The van der Waals surface area contributed by atoms with E-state index in [1.165, 1.54) is 0 Å². The van der Waals surface area contributed by atoms with Crippen molar-refractivity contribution in [3.8, 4) is 11.1 Å². The van der Waals surface area contributed by atoms with Crippen LogP contribution in [0, 0.1) is 5.92 Å². The van der Waals surface area contributed by atoms with Crippen molar-refractivity contribution in [2.45, 2.75) is 32.2 Å². The van der Waals surface area contributed by atoms with Gasteiger partial charge in [0.05, 0.1) is 5.92 Å². The first-order valence-corrected chi connectivity index (χ1v) is 10.8. The Balaban J connectivity index is 1.67. The van der Waals surface area contributed by atoms with Gasteiger partial charge in [-0.3, -0.25) is 14.7 Å². The third kappa shape index (κ3) is 6.66. The molecule has 33 heavy (non-hydrogen) atoms. The number of aromatic amines is 1. The average Bonchev–Trinajstić information content (AvgIpc) is 3.28. The summed E-state index contributed by atoms with van der Waals surface area (Å²) in [5, 5.41) is 27.7. The highest BCUT2D eigenvalue weighted by Gasteiger charge is 2.22. The van der Waals surface area contributed by atoms with Gasteiger partial charge in [0.1, 0.15) is 5.69 Å². The first-order valence-electron chi connectivity index (χ1n) is 10.4. The van der Waals surface area contributed by atoms with Crippen LogP contribution < -0.4 is 5.32 Å². The quantitative estimate of drug-likeness (QED) is 0.350. The molecule has 0 saturated heterocycles. The molecule has 8 nitrogen and oxygen atoms in total. The summed E-state index contributed by atoms with van der Waals surface area (Å²) < 4.78 is 0. The predicted octanol–water partition coefficient (Wildman–Crippen LogP) is 4.27. The van der Waals surface area contributed by atoms with Gasteiger partial charge in [-0.05, 0) is 48.1 Å². The summed E-state index contributed by atoms with van der Waals surface area (Å²) in [5.41, 5.74) is 2.81. The Morgan fingerprint density at radius 3 is 2.39 bits per heavy atom. The number of aliphatic carboxylic acids is 1. The number of nitrogens with one attached hydrogen (secondary N) is 2. The van der Waals surface area contributed by atoms with Crippen molar-refractivity contribution in [2.24, 2.45) is 5.92 Å². The molecule has 0 spiro atoms. The van der Waals surface area contributed by atoms with E-state index in [0.717, 1.165) is 22.8 Å². The maximum Gasteiger partial charge on any atom is 0.353 e. The van der Waals surface area contributed by atoms with E-state index in [2.05, 4.69) is 15.5 Å². The molecule has 0 bridgehead atoms. The Kier molecular flexibility index (Phi) is 7.84. The van der Waals surface area contributed by atoms with Crippen LogP contribution in [-0.4, -0.2) is 44.3 Å². The van der Waals surface area contributed by atoms with E-state index in [4.69, 9.17) is 16.7 Å². The Morgan fingerprint density at radius 2 is 1.79 bits per heavy atom. The lowest BCUT2D eigenvalue weighted by atomic mass is 9.95. The van der Waals surface area contributed by atoms with Crippen molar-refractivity contribution in [1.29, 1.82) is 0 Å². The summed E-state index contributed by atoms with van der Waals surface area (Å²) in [5.74, 6) is -3.39. The first kappa shape index (κ1) is 24.0. The van der Waals surface area contributed by atoms with Gasteiger partial charge in [-0.2, -0.15) is 5.10 Å². The number of rotatable bonds is 10. The highest BCUT2D eigenvalue weighted by molar-refractivity contribution is 6.30. The summed E-state index contributed by atoms with van der Waals surface area (Å²) in [7, 11) is 0. The number of carboxylic acid groups (broad SMARTS) is 2. The monoisotopic (exact) mass is 469 g/mol. The zero-order valence-electron chi connectivity index (χ0n) is 17.9. The second-order valence-electron chi connectivity index (χ2n) is 7.86. The number of aromatic nitrogens is 2. The lowest BCUT2D eigenvalue weighted by molar-refractivity contribution is -0.141. The van der Waals surface area contributed by atoms with E-state index in [9.17, 15) is 19.5 Å². The molecule has 0 saturated carbocycles. The Labute approximate surface area is 195 Å². The first-order chi connectivity index (χ1) is 15.7. The van der Waals surface area contributed by atoms with E-state index < -0.39 is 29.8 Å². The molecular formula is C24H24ClN3O5. The van der Waals surface area contributed by atoms with Crippen molar-refractivity contribution in [2.75, 3.05) is 0 Å². The van der Waals surface area contributed by atoms with Gasteiger partial charge >= 0.3 is 11.9 Å². The van der Waals surface area contributed by atoms with Gasteiger partial charge in [-0.1, -0.05) is 54.9 Å². The van der Waals surface area contributed by atoms with E-state index in [0.29, 0.717) is 17.9 Å². The predicted molar refractivity (Wildman–Crippen MR) is 123 cm³/mol. The minimum absolute atomic E-state index is 0.0637. The largest absolute Gasteiger partial charge is 0.481 e. The van der Waals surface area contributed by atoms with Crippen LogP contribution in [0.25, 0.3) is 11.1 Å². The third-order valence-electron chi connectivity index (χ3n) is 5.33. The molecule has 0 aliphatic heterocycles. The highest BCUT2D eigenvalue weighted by atomic mass is 35.5. The molecule has 3 aromatic rings. The second kappa shape index (κ2) is 10.8. The van der Waals surface area contributed by atoms with Crippen LogP contribution in [0.5, 0.6) is 0 Å². The average molecular weight is 470 g/mol. The number of aromatic carboxylic acids is 1. The zero-order valence-corrected chi connectivity index (χ0v) is 18.7. The minimum Gasteiger partial charge on any atom is -0.481 e. The summed E-state index contributed by atoms with van der Waals surface area (Å²) in [6.07, 6.45) is 1.36. The molecule has 0 radical (unpaired) electrons. The van der Waals surface area contributed by atoms with Crippen LogP contribution >= 0.6 is 11.6 Å². The molecule has 0 unspecified atom stereocenters. The van der Waals surface area contributed by atoms with Crippen molar-refractivity contribution < 1.29 is 24.6 Å². The molecule has 0 aliphatic rings. The second-order valence-corrected chi connectivity index (χ2v) is 8.30. The molecule has 2 aromatic carbocycles. The highest BCUT2D eigenvalue weighted by Crippen LogP contribution is 2.23. The summed E-state index contributed by atoms with van der Waals surface area (Å²) in [4.78, 5) is 34.9. The number of carboxylic acids is 2. The summed E-state index contributed by atoms with van der Waals surface area (Å²) >= 11 is 6.07. The lowest BCUT2D eigenvalue weighted by Gasteiger charge is -2.20. The molecule has 1 heterocycles. The fourth-order valence-electron chi connectivity index (χ4n) is 3.46. The summed E-state index contributed by atoms with van der Waals surface area (Å²) in [6.45, 7) is 1.58. The Bertz CT molecular complexity index is 1140. The molecule has 172 valence electrons. The van der Waals surface area contributed by atoms with Crippen molar-refractivity contribution in [3.05, 3.63) is 76.6 Å². The number of nitrogens with zero attached hydrogens (tertiary/aromatic N) is 1. The molecule has 9 heteroatoms. The van der Waals surface area contributed by atoms with Crippen LogP contribution in [0.3, 0.4) is 0 Å². The van der Waals surface area contributed by atoms with Crippen molar-refractivity contribution in [3.63, 3.8) is 0 Å². The van der Waals surface area contributed by atoms with Gasteiger partial charge in [-0.15, -0.1) is 0 Å².